The Morgan fingerprint density at radius 3 is 2.71 bits per heavy atom. The second-order valence-electron chi connectivity index (χ2n) is 11.1. The van der Waals surface area contributed by atoms with Crippen LogP contribution in [0.15, 0.2) is 34.9 Å². The highest BCUT2D eigenvalue weighted by atomic mass is 16.1. The molecule has 0 bridgehead atoms. The SMILES string of the molecule is CC(C)=CCC[C@@H](C)C1CCC2C3=CCC4=CC(=O)CCC4(C)[C@H]3CC[C@@]21C. The summed E-state index contributed by atoms with van der Waals surface area (Å²) in [4.78, 5) is 12.0. The fraction of sp³-hybridized carbons (Fsp3) is 0.741. The van der Waals surface area contributed by atoms with Crippen molar-refractivity contribution in [2.24, 2.45) is 34.5 Å². The van der Waals surface area contributed by atoms with Crippen LogP contribution in [-0.4, -0.2) is 5.78 Å². The number of carbonyl (C=O) groups is 1. The molecule has 0 aromatic heterocycles. The van der Waals surface area contributed by atoms with Crippen LogP contribution in [0.1, 0.15) is 92.4 Å². The fourth-order valence-corrected chi connectivity index (χ4v) is 7.67. The minimum absolute atomic E-state index is 0.256. The van der Waals surface area contributed by atoms with Gasteiger partial charge in [0.15, 0.2) is 5.78 Å². The molecule has 4 aliphatic rings. The zero-order chi connectivity index (χ0) is 20.1. The lowest BCUT2D eigenvalue weighted by molar-refractivity contribution is -0.116. The van der Waals surface area contributed by atoms with E-state index in [4.69, 9.17) is 0 Å². The first-order chi connectivity index (χ1) is 13.3. The number of carbonyl (C=O) groups excluding carboxylic acids is 1. The zero-order valence-corrected chi connectivity index (χ0v) is 18.8. The fourth-order valence-electron chi connectivity index (χ4n) is 7.67. The van der Waals surface area contributed by atoms with Crippen molar-refractivity contribution in [1.82, 2.24) is 0 Å². The summed E-state index contributed by atoms with van der Waals surface area (Å²) < 4.78 is 0. The highest BCUT2D eigenvalue weighted by Crippen LogP contribution is 2.66. The van der Waals surface area contributed by atoms with Gasteiger partial charge < -0.3 is 0 Å². The van der Waals surface area contributed by atoms with Crippen LogP contribution in [0.25, 0.3) is 0 Å². The van der Waals surface area contributed by atoms with E-state index in [1.165, 1.54) is 49.7 Å². The molecule has 0 N–H and O–H groups in total. The third kappa shape index (κ3) is 3.17. The van der Waals surface area contributed by atoms with Gasteiger partial charge in [-0.1, -0.05) is 49.6 Å². The maximum Gasteiger partial charge on any atom is 0.155 e. The summed E-state index contributed by atoms with van der Waals surface area (Å²) in [5.74, 6) is 3.54. The summed E-state index contributed by atoms with van der Waals surface area (Å²) in [6.07, 6.45) is 18.0. The van der Waals surface area contributed by atoms with Crippen molar-refractivity contribution in [3.8, 4) is 0 Å². The minimum atomic E-state index is 0.256. The van der Waals surface area contributed by atoms with Gasteiger partial charge in [0.2, 0.25) is 0 Å². The van der Waals surface area contributed by atoms with Gasteiger partial charge in [-0.2, -0.15) is 0 Å². The number of ketones is 1. The molecule has 0 amide bonds. The lowest BCUT2D eigenvalue weighted by Crippen LogP contribution is -2.46. The topological polar surface area (TPSA) is 17.1 Å². The Bertz CT molecular complexity index is 733. The van der Waals surface area contributed by atoms with E-state index in [-0.39, 0.29) is 5.41 Å². The van der Waals surface area contributed by atoms with Crippen molar-refractivity contribution in [3.63, 3.8) is 0 Å². The molecule has 3 unspecified atom stereocenters. The minimum Gasteiger partial charge on any atom is -0.295 e. The van der Waals surface area contributed by atoms with Crippen LogP contribution in [0.5, 0.6) is 0 Å². The molecule has 4 aliphatic carbocycles. The highest BCUT2D eigenvalue weighted by Gasteiger charge is 2.56. The predicted molar refractivity (Wildman–Crippen MR) is 118 cm³/mol. The van der Waals surface area contributed by atoms with Crippen LogP contribution >= 0.6 is 0 Å². The number of hydrogen-bond acceptors (Lipinski definition) is 1. The van der Waals surface area contributed by atoms with E-state index in [0.717, 1.165) is 37.0 Å². The Kier molecular flexibility index (Phi) is 5.26. The van der Waals surface area contributed by atoms with E-state index in [2.05, 4.69) is 46.8 Å². The Balaban J connectivity index is 1.56. The van der Waals surface area contributed by atoms with Crippen LogP contribution in [0.2, 0.25) is 0 Å². The first-order valence-electron chi connectivity index (χ1n) is 11.8. The molecule has 6 atom stereocenters. The van der Waals surface area contributed by atoms with Crippen LogP contribution < -0.4 is 0 Å². The third-order valence-electron chi connectivity index (χ3n) is 9.33. The summed E-state index contributed by atoms with van der Waals surface area (Å²) in [6.45, 7) is 12.1. The first-order valence-corrected chi connectivity index (χ1v) is 11.8. The summed E-state index contributed by atoms with van der Waals surface area (Å²) in [6, 6.07) is 0. The lowest BCUT2D eigenvalue weighted by atomic mass is 9.50. The van der Waals surface area contributed by atoms with Gasteiger partial charge >= 0.3 is 0 Å². The summed E-state index contributed by atoms with van der Waals surface area (Å²) in [7, 11) is 0. The van der Waals surface area contributed by atoms with Gasteiger partial charge in [-0.25, -0.2) is 0 Å². The van der Waals surface area contributed by atoms with Crippen LogP contribution in [-0.2, 0) is 4.79 Å². The highest BCUT2D eigenvalue weighted by molar-refractivity contribution is 5.91. The summed E-state index contributed by atoms with van der Waals surface area (Å²) in [5, 5.41) is 0. The van der Waals surface area contributed by atoms with E-state index in [9.17, 15) is 4.79 Å². The largest absolute Gasteiger partial charge is 0.295 e. The van der Waals surface area contributed by atoms with Crippen molar-refractivity contribution in [3.05, 3.63) is 34.9 Å². The van der Waals surface area contributed by atoms with Gasteiger partial charge in [0, 0.05) is 6.42 Å². The monoisotopic (exact) mass is 380 g/mol. The number of hydrogen-bond donors (Lipinski definition) is 0. The normalized spacial score (nSPS) is 40.6. The van der Waals surface area contributed by atoms with Gasteiger partial charge in [0.05, 0.1) is 0 Å². The average molecular weight is 381 g/mol. The van der Waals surface area contributed by atoms with Gasteiger partial charge in [0.1, 0.15) is 0 Å². The van der Waals surface area contributed by atoms with Crippen molar-refractivity contribution >= 4 is 5.78 Å². The molecule has 0 spiro atoms. The Morgan fingerprint density at radius 2 is 1.96 bits per heavy atom. The van der Waals surface area contributed by atoms with Crippen molar-refractivity contribution in [2.75, 3.05) is 0 Å². The third-order valence-corrected chi connectivity index (χ3v) is 9.33. The molecule has 28 heavy (non-hydrogen) atoms. The van der Waals surface area contributed by atoms with Gasteiger partial charge in [0.25, 0.3) is 0 Å². The maximum absolute atomic E-state index is 12.0. The molecule has 0 aromatic carbocycles. The Labute approximate surface area is 172 Å². The van der Waals surface area contributed by atoms with Gasteiger partial charge in [-0.3, -0.25) is 4.79 Å². The Hall–Kier alpha value is -1.11. The van der Waals surface area contributed by atoms with Crippen LogP contribution in [0, 0.1) is 34.5 Å². The van der Waals surface area contributed by atoms with E-state index < -0.39 is 0 Å². The van der Waals surface area contributed by atoms with E-state index in [1.54, 1.807) is 5.57 Å². The summed E-state index contributed by atoms with van der Waals surface area (Å²) in [5.41, 5.74) is 5.44. The molecule has 1 nitrogen and oxygen atoms in total. The van der Waals surface area contributed by atoms with Gasteiger partial charge in [-0.15, -0.1) is 0 Å². The van der Waals surface area contributed by atoms with E-state index in [0.29, 0.717) is 17.1 Å². The van der Waals surface area contributed by atoms with Crippen molar-refractivity contribution in [2.45, 2.75) is 92.4 Å². The molecule has 0 aliphatic heterocycles. The first kappa shape index (κ1) is 20.2. The smallest absolute Gasteiger partial charge is 0.155 e. The van der Waals surface area contributed by atoms with Crippen LogP contribution in [0.4, 0.5) is 0 Å². The molecule has 1 heteroatoms. The molecular formula is C27H40O. The van der Waals surface area contributed by atoms with Crippen LogP contribution in [0.3, 0.4) is 0 Å². The summed E-state index contributed by atoms with van der Waals surface area (Å²) >= 11 is 0. The number of rotatable bonds is 4. The van der Waals surface area contributed by atoms with E-state index >= 15 is 0 Å². The Morgan fingerprint density at radius 1 is 1.18 bits per heavy atom. The molecular weight excluding hydrogens is 340 g/mol. The molecule has 0 radical (unpaired) electrons. The molecule has 0 saturated heterocycles. The second kappa shape index (κ2) is 7.29. The number of allylic oxidation sites excluding steroid dienone is 6. The van der Waals surface area contributed by atoms with Crippen molar-refractivity contribution < 1.29 is 4.79 Å². The van der Waals surface area contributed by atoms with Gasteiger partial charge in [-0.05, 0) is 106 Å². The maximum atomic E-state index is 12.0. The number of fused-ring (bicyclic) bond motifs is 5. The lowest BCUT2D eigenvalue weighted by Gasteiger charge is -2.55. The van der Waals surface area contributed by atoms with Crippen molar-refractivity contribution in [1.29, 1.82) is 0 Å². The molecule has 4 rings (SSSR count). The average Bonchev–Trinajstić information content (AvgIpc) is 2.99. The molecule has 2 fully saturated rings. The second-order valence-corrected chi connectivity index (χ2v) is 11.1. The molecule has 154 valence electrons. The van der Waals surface area contributed by atoms with E-state index in [1.807, 2.05) is 6.08 Å². The molecule has 2 saturated carbocycles. The molecule has 0 heterocycles. The quantitative estimate of drug-likeness (QED) is 0.463. The molecule has 0 aromatic rings. The zero-order valence-electron chi connectivity index (χ0n) is 18.8. The predicted octanol–water partition coefficient (Wildman–Crippen LogP) is 7.44. The standard InChI is InChI=1S/C27H40O/c1-18(2)7-6-8-19(3)23-11-12-24-22-10-9-20-17-21(28)13-15-26(20,4)25(22)14-16-27(23,24)5/h7,10,17,19,23-25H,6,8-9,11-16H2,1-5H3/t19-,23?,24?,25+,26?,27-/m1/s1.